The molecular formula is C75H82N6O15. The van der Waals surface area contributed by atoms with Crippen molar-refractivity contribution in [1.82, 2.24) is 19.1 Å². The summed E-state index contributed by atoms with van der Waals surface area (Å²) in [6, 6.07) is 42.4. The van der Waals surface area contributed by atoms with Crippen molar-refractivity contribution >= 4 is 62.9 Å². The lowest BCUT2D eigenvalue weighted by Gasteiger charge is -2.23. The molecule has 0 fully saturated rings. The maximum Gasteiger partial charge on any atom is 0.339 e. The molecule has 9 aromatic rings. The minimum Gasteiger partial charge on any atom is -0.495 e. The Balaban J connectivity index is 0.000000247. The molecule has 502 valence electrons. The van der Waals surface area contributed by atoms with Gasteiger partial charge in [0, 0.05) is 13.6 Å². The zero-order valence-electron chi connectivity index (χ0n) is 55.0. The number of fused-ring (bicyclic) bond motifs is 2. The Bertz CT molecular complexity index is 4280. The number of rotatable bonds is 33. The van der Waals surface area contributed by atoms with E-state index in [0.29, 0.717) is 52.9 Å². The summed E-state index contributed by atoms with van der Waals surface area (Å²) in [5.41, 5.74) is 2.77. The second-order valence-corrected chi connectivity index (χ2v) is 23.0. The number of ether oxygens (including phenoxy) is 6. The molecule has 0 spiro atoms. The topological polar surface area (TPSA) is 275 Å². The minimum absolute atomic E-state index is 0.00968. The highest BCUT2D eigenvalue weighted by Crippen LogP contribution is 2.32. The molecule has 0 saturated heterocycles. The molecule has 96 heavy (non-hydrogen) atoms. The van der Waals surface area contributed by atoms with Gasteiger partial charge >= 0.3 is 17.9 Å². The Kier molecular flexibility index (Phi) is 26.2. The smallest absolute Gasteiger partial charge is 0.339 e. The fourth-order valence-corrected chi connectivity index (χ4v) is 10.8. The number of aromatic carboxylic acids is 2. The second kappa shape index (κ2) is 35.4. The molecule has 2 heterocycles. The molecular weight excluding hydrogens is 1220 g/mol. The highest BCUT2D eigenvalue weighted by molar-refractivity contribution is 5.99. The lowest BCUT2D eigenvalue weighted by Crippen LogP contribution is -2.35. The number of anilines is 2. The highest BCUT2D eigenvalue weighted by atomic mass is 16.5. The normalized spacial score (nSPS) is 11.6. The third kappa shape index (κ3) is 19.2. The first-order chi connectivity index (χ1) is 46.5. The van der Waals surface area contributed by atoms with Gasteiger partial charge in [-0.1, -0.05) is 144 Å². The SMILES string of the molecule is CCCCCCCCCCCCCCOC(=O)c1ccc(OC)c(NC(=O)C(Oc2ccc(C(=O)O)cc2)c2nc3ccccc3c(=O)n2C)c1.COc1ccccc1NC(=O)C(Oc1ccccc1C(=O)O)c1nc2ccccc2c(=O)n1CCCOc1ccc(C)cc1C. The number of para-hydroxylation sites is 5. The predicted octanol–water partition coefficient (Wildman–Crippen LogP) is 14.2. The molecule has 2 aromatic heterocycles. The van der Waals surface area contributed by atoms with E-state index in [9.17, 15) is 43.8 Å². The van der Waals surface area contributed by atoms with Crippen LogP contribution in [0.25, 0.3) is 21.8 Å². The summed E-state index contributed by atoms with van der Waals surface area (Å²) >= 11 is 0. The maximum absolute atomic E-state index is 14.0. The molecule has 0 saturated carbocycles. The largest absolute Gasteiger partial charge is 0.495 e. The lowest BCUT2D eigenvalue weighted by molar-refractivity contribution is -0.124. The van der Waals surface area contributed by atoms with Gasteiger partial charge in [-0.25, -0.2) is 24.4 Å². The maximum atomic E-state index is 14.0. The Hall–Kier alpha value is -10.8. The number of nitrogens with one attached hydrogen (secondary N) is 2. The van der Waals surface area contributed by atoms with E-state index >= 15 is 0 Å². The number of aromatic nitrogens is 4. The lowest BCUT2D eigenvalue weighted by atomic mass is 10.1. The number of methoxy groups -OCH3 is 2. The molecule has 2 unspecified atom stereocenters. The van der Waals surface area contributed by atoms with Gasteiger partial charge in [0.25, 0.3) is 22.9 Å². The third-order valence-corrected chi connectivity index (χ3v) is 16.0. The van der Waals surface area contributed by atoms with Crippen LogP contribution in [0.5, 0.6) is 28.7 Å². The number of hydrogen-bond acceptors (Lipinski definition) is 15. The van der Waals surface area contributed by atoms with Gasteiger partial charge < -0.3 is 49.3 Å². The van der Waals surface area contributed by atoms with Crippen LogP contribution in [0.15, 0.2) is 167 Å². The van der Waals surface area contributed by atoms with Crippen molar-refractivity contribution in [2.24, 2.45) is 7.05 Å². The van der Waals surface area contributed by atoms with Crippen LogP contribution < -0.4 is 45.4 Å². The van der Waals surface area contributed by atoms with Crippen LogP contribution in [0.1, 0.15) is 156 Å². The molecule has 9 rings (SSSR count). The van der Waals surface area contributed by atoms with E-state index in [2.05, 4.69) is 22.5 Å². The fraction of sp³-hybridized carbons (Fsp3) is 0.320. The van der Waals surface area contributed by atoms with E-state index in [1.165, 1.54) is 131 Å². The fourth-order valence-electron chi connectivity index (χ4n) is 10.8. The van der Waals surface area contributed by atoms with Gasteiger partial charge in [-0.15, -0.1) is 0 Å². The first-order valence-electron chi connectivity index (χ1n) is 32.2. The highest BCUT2D eigenvalue weighted by Gasteiger charge is 2.33. The molecule has 0 aliphatic rings. The molecule has 0 aliphatic heterocycles. The van der Waals surface area contributed by atoms with Crippen molar-refractivity contribution in [3.8, 4) is 28.7 Å². The Morgan fingerprint density at radius 3 is 1.67 bits per heavy atom. The van der Waals surface area contributed by atoms with E-state index in [1.54, 1.807) is 97.1 Å². The number of esters is 1. The number of benzene rings is 7. The summed E-state index contributed by atoms with van der Waals surface area (Å²) < 4.78 is 37.3. The number of unbranched alkanes of at least 4 members (excludes halogenated alkanes) is 11. The van der Waals surface area contributed by atoms with Crippen LogP contribution in [0.3, 0.4) is 0 Å². The van der Waals surface area contributed by atoms with Gasteiger partial charge in [0.15, 0.2) is 11.6 Å². The van der Waals surface area contributed by atoms with Crippen molar-refractivity contribution in [3.05, 3.63) is 218 Å². The number of carbonyl (C=O) groups excluding carboxylic acids is 3. The van der Waals surface area contributed by atoms with Gasteiger partial charge in [0.05, 0.1) is 71.7 Å². The summed E-state index contributed by atoms with van der Waals surface area (Å²) in [4.78, 5) is 101. The van der Waals surface area contributed by atoms with Crippen LogP contribution in [0, 0.1) is 13.8 Å². The molecule has 2 atom stereocenters. The number of carboxylic acid groups (broad SMARTS) is 2. The summed E-state index contributed by atoms with van der Waals surface area (Å²) in [6.45, 7) is 6.95. The van der Waals surface area contributed by atoms with Crippen molar-refractivity contribution in [1.29, 1.82) is 0 Å². The van der Waals surface area contributed by atoms with Gasteiger partial charge in [0.1, 0.15) is 34.3 Å². The average molecular weight is 1310 g/mol. The average Bonchev–Trinajstić information content (AvgIpc) is 0.787. The first-order valence-corrected chi connectivity index (χ1v) is 32.2. The number of carboxylic acids is 2. The Labute approximate surface area is 557 Å². The number of hydrogen-bond donors (Lipinski definition) is 4. The third-order valence-electron chi connectivity index (χ3n) is 16.0. The Morgan fingerprint density at radius 2 is 1.04 bits per heavy atom. The zero-order valence-corrected chi connectivity index (χ0v) is 55.0. The van der Waals surface area contributed by atoms with E-state index in [1.807, 2.05) is 32.0 Å². The molecule has 0 bridgehead atoms. The minimum atomic E-state index is -1.52. The monoisotopic (exact) mass is 1310 g/mol. The molecule has 4 N–H and O–H groups in total. The van der Waals surface area contributed by atoms with Gasteiger partial charge in [-0.2, -0.15) is 0 Å². The molecule has 21 heteroatoms. The van der Waals surface area contributed by atoms with E-state index in [0.717, 1.165) is 36.1 Å². The predicted molar refractivity (Wildman–Crippen MR) is 367 cm³/mol. The van der Waals surface area contributed by atoms with Crippen molar-refractivity contribution in [3.63, 3.8) is 0 Å². The molecule has 21 nitrogen and oxygen atoms in total. The van der Waals surface area contributed by atoms with Gasteiger partial charge in [-0.05, 0) is 129 Å². The zero-order chi connectivity index (χ0) is 68.5. The van der Waals surface area contributed by atoms with E-state index in [4.69, 9.17) is 33.4 Å². The quantitative estimate of drug-likeness (QED) is 0.0220. The Morgan fingerprint density at radius 1 is 0.510 bits per heavy atom. The van der Waals surface area contributed by atoms with E-state index < -0.39 is 41.9 Å². The molecule has 7 aromatic carbocycles. The van der Waals surface area contributed by atoms with Gasteiger partial charge in [-0.3, -0.25) is 28.3 Å². The second-order valence-electron chi connectivity index (χ2n) is 23.0. The first kappa shape index (κ1) is 71.0. The van der Waals surface area contributed by atoms with E-state index in [-0.39, 0.29) is 68.9 Å². The molecule has 0 aliphatic carbocycles. The van der Waals surface area contributed by atoms with Crippen LogP contribution in [0.2, 0.25) is 0 Å². The van der Waals surface area contributed by atoms with Gasteiger partial charge in [0.2, 0.25) is 12.2 Å². The van der Waals surface area contributed by atoms with Crippen molar-refractivity contribution in [2.75, 3.05) is 38.1 Å². The van der Waals surface area contributed by atoms with Crippen molar-refractivity contribution < 1.29 is 62.6 Å². The molecule has 0 radical (unpaired) electrons. The summed E-state index contributed by atoms with van der Waals surface area (Å²) in [7, 11) is 4.40. The van der Waals surface area contributed by atoms with Crippen LogP contribution >= 0.6 is 0 Å². The number of nitrogens with zero attached hydrogens (tertiary/aromatic N) is 4. The number of aryl methyl sites for hydroxylation is 2. The van der Waals surface area contributed by atoms with Crippen LogP contribution in [-0.4, -0.2) is 86.5 Å². The number of carbonyl (C=O) groups is 5. The number of amides is 2. The standard InChI is InChI=1S/C40H49N3O8.C35H33N3O7/c1-4-5-6-7-8-9-10-11-12-13-14-17-26-50-40(48)29-22-25-34(49-3)33(27-29)42-37(44)35(51-30-23-20-28(21-24-30)39(46)47)36-41-32-19-16-15-18-31(32)38(45)43(36)2;1-22-17-18-28(23(2)21-22)44-20-10-19-38-32(36-26-13-6-4-11-24(26)34(38)40)31(45-29-15-8-5-12-25(29)35(41)42)33(39)37-27-14-7-9-16-30(27)43-3/h15-16,18-25,27,35H,4-14,17,26H2,1-3H3,(H,42,44)(H,46,47);4-9,11-18,21,31H,10,19-20H2,1-3H3,(H,37,39)(H,41,42). The van der Waals surface area contributed by atoms with Crippen LogP contribution in [-0.2, 0) is 27.9 Å². The summed E-state index contributed by atoms with van der Waals surface area (Å²) in [5.74, 6) is -2.70. The van der Waals surface area contributed by atoms with Crippen molar-refractivity contribution in [2.45, 2.75) is 123 Å². The summed E-state index contributed by atoms with van der Waals surface area (Å²) in [6.07, 6.45) is 11.9. The molecule has 2 amide bonds. The van der Waals surface area contributed by atoms with Crippen LogP contribution in [0.4, 0.5) is 11.4 Å². The summed E-state index contributed by atoms with van der Waals surface area (Å²) in [5, 5.41) is 25.4.